The predicted molar refractivity (Wildman–Crippen MR) is 101 cm³/mol. The van der Waals surface area contributed by atoms with Crippen LogP contribution in [0.4, 0.5) is 5.69 Å². The van der Waals surface area contributed by atoms with Gasteiger partial charge in [-0.25, -0.2) is 5.43 Å². The van der Waals surface area contributed by atoms with Gasteiger partial charge >= 0.3 is 0 Å². The van der Waals surface area contributed by atoms with E-state index in [1.807, 2.05) is 43.3 Å². The van der Waals surface area contributed by atoms with Crippen LogP contribution < -0.4 is 10.7 Å². The maximum atomic E-state index is 11.8. The van der Waals surface area contributed by atoms with Gasteiger partial charge in [-0.15, -0.1) is 0 Å². The van der Waals surface area contributed by atoms with Gasteiger partial charge in [0.1, 0.15) is 0 Å². The van der Waals surface area contributed by atoms with E-state index in [0.717, 1.165) is 16.8 Å². The molecule has 1 amide bonds. The van der Waals surface area contributed by atoms with Crippen LogP contribution in [0.3, 0.4) is 0 Å². The zero-order chi connectivity index (χ0) is 17.6. The predicted octanol–water partition coefficient (Wildman–Crippen LogP) is 3.85. The Morgan fingerprint density at radius 1 is 1.12 bits per heavy atom. The van der Waals surface area contributed by atoms with Crippen LogP contribution in [0.25, 0.3) is 0 Å². The smallest absolute Gasteiger partial charge is 0.259 e. The van der Waals surface area contributed by atoms with E-state index in [9.17, 15) is 4.79 Å². The number of nitrogens with zero attached hydrogens (tertiary/aromatic N) is 1. The Labute approximate surface area is 144 Å². The van der Waals surface area contributed by atoms with Crippen LogP contribution in [0.15, 0.2) is 53.6 Å². The lowest BCUT2D eigenvalue weighted by molar-refractivity contribution is -0.119. The fourth-order valence-corrected chi connectivity index (χ4v) is 2.22. The molecule has 4 nitrogen and oxygen atoms in total. The van der Waals surface area contributed by atoms with E-state index in [2.05, 4.69) is 48.7 Å². The number of rotatable bonds is 5. The number of hydrogen-bond acceptors (Lipinski definition) is 3. The maximum Gasteiger partial charge on any atom is 0.259 e. The first-order chi connectivity index (χ1) is 11.3. The standard InChI is InChI=1S/C20H25N3O/c1-15-6-5-7-18(12-15)21-14-19(24)23-22-13-16-8-10-17(11-9-16)20(2,3)4/h5-13,21H,14H2,1-4H3,(H,23,24). The van der Waals surface area contributed by atoms with Gasteiger partial charge in [0.05, 0.1) is 12.8 Å². The van der Waals surface area contributed by atoms with Crippen molar-refractivity contribution in [2.75, 3.05) is 11.9 Å². The molecule has 0 fully saturated rings. The minimum Gasteiger partial charge on any atom is -0.376 e. The lowest BCUT2D eigenvalue weighted by Gasteiger charge is -2.18. The van der Waals surface area contributed by atoms with Crippen molar-refractivity contribution in [1.82, 2.24) is 5.43 Å². The summed E-state index contributed by atoms with van der Waals surface area (Å²) in [5, 5.41) is 7.07. The normalized spacial score (nSPS) is 11.5. The summed E-state index contributed by atoms with van der Waals surface area (Å²) in [4.78, 5) is 11.8. The third-order valence-corrected chi connectivity index (χ3v) is 3.65. The van der Waals surface area contributed by atoms with Crippen LogP contribution >= 0.6 is 0 Å². The number of amides is 1. The summed E-state index contributed by atoms with van der Waals surface area (Å²) in [6.45, 7) is 8.73. The molecule has 0 atom stereocenters. The zero-order valence-electron chi connectivity index (χ0n) is 14.8. The fourth-order valence-electron chi connectivity index (χ4n) is 2.22. The van der Waals surface area contributed by atoms with Crippen molar-refractivity contribution in [1.29, 1.82) is 0 Å². The molecule has 126 valence electrons. The molecule has 0 aromatic heterocycles. The van der Waals surface area contributed by atoms with Gasteiger partial charge in [-0.2, -0.15) is 5.10 Å². The van der Waals surface area contributed by atoms with E-state index in [1.165, 1.54) is 5.56 Å². The van der Waals surface area contributed by atoms with Crippen molar-refractivity contribution in [3.63, 3.8) is 0 Å². The number of aryl methyl sites for hydroxylation is 1. The van der Waals surface area contributed by atoms with E-state index in [4.69, 9.17) is 0 Å². The molecule has 4 heteroatoms. The molecule has 0 unspecified atom stereocenters. The highest BCUT2D eigenvalue weighted by Crippen LogP contribution is 2.21. The van der Waals surface area contributed by atoms with Gasteiger partial charge in [-0.05, 0) is 41.2 Å². The Bertz CT molecular complexity index is 712. The number of benzene rings is 2. The monoisotopic (exact) mass is 323 g/mol. The van der Waals surface area contributed by atoms with Crippen molar-refractivity contribution < 1.29 is 4.79 Å². The molecule has 2 aromatic rings. The molecule has 0 saturated heterocycles. The highest BCUT2D eigenvalue weighted by Gasteiger charge is 2.12. The third kappa shape index (κ3) is 5.54. The number of carbonyl (C=O) groups excluding carboxylic acids is 1. The molecule has 24 heavy (non-hydrogen) atoms. The molecule has 2 aromatic carbocycles. The lowest BCUT2D eigenvalue weighted by Crippen LogP contribution is -2.25. The molecule has 0 bridgehead atoms. The van der Waals surface area contributed by atoms with Gasteiger partial charge in [0, 0.05) is 5.69 Å². The Balaban J connectivity index is 1.81. The first-order valence-corrected chi connectivity index (χ1v) is 8.07. The summed E-state index contributed by atoms with van der Waals surface area (Å²) < 4.78 is 0. The first kappa shape index (κ1) is 17.7. The molecule has 0 aliphatic rings. The molecular weight excluding hydrogens is 298 g/mol. The Morgan fingerprint density at radius 2 is 1.83 bits per heavy atom. The van der Waals surface area contributed by atoms with Crippen molar-refractivity contribution in [2.24, 2.45) is 5.10 Å². The van der Waals surface area contributed by atoms with E-state index in [0.29, 0.717) is 0 Å². The second-order valence-electron chi connectivity index (χ2n) is 6.89. The molecule has 0 radical (unpaired) electrons. The maximum absolute atomic E-state index is 11.8. The van der Waals surface area contributed by atoms with Crippen molar-refractivity contribution in [3.8, 4) is 0 Å². The zero-order valence-corrected chi connectivity index (χ0v) is 14.8. The Kier molecular flexibility index (Phi) is 5.74. The number of hydrogen-bond donors (Lipinski definition) is 2. The van der Waals surface area contributed by atoms with E-state index < -0.39 is 0 Å². The van der Waals surface area contributed by atoms with Crippen molar-refractivity contribution >= 4 is 17.8 Å². The van der Waals surface area contributed by atoms with Crippen LogP contribution in [0.2, 0.25) is 0 Å². The van der Waals surface area contributed by atoms with E-state index >= 15 is 0 Å². The Hall–Kier alpha value is -2.62. The lowest BCUT2D eigenvalue weighted by atomic mass is 9.87. The third-order valence-electron chi connectivity index (χ3n) is 3.65. The van der Waals surface area contributed by atoms with Crippen LogP contribution in [0.5, 0.6) is 0 Å². The van der Waals surface area contributed by atoms with Crippen LogP contribution in [0.1, 0.15) is 37.5 Å². The van der Waals surface area contributed by atoms with Gasteiger partial charge < -0.3 is 5.32 Å². The Morgan fingerprint density at radius 3 is 2.46 bits per heavy atom. The average molecular weight is 323 g/mol. The molecule has 2 N–H and O–H groups in total. The summed E-state index contributed by atoms with van der Waals surface area (Å²) in [7, 11) is 0. The minimum atomic E-state index is -0.181. The van der Waals surface area contributed by atoms with Crippen molar-refractivity contribution in [3.05, 3.63) is 65.2 Å². The first-order valence-electron chi connectivity index (χ1n) is 8.07. The number of nitrogens with one attached hydrogen (secondary N) is 2. The molecule has 0 aliphatic carbocycles. The second-order valence-corrected chi connectivity index (χ2v) is 6.89. The molecular formula is C20H25N3O. The van der Waals surface area contributed by atoms with Crippen LogP contribution in [-0.4, -0.2) is 18.7 Å². The topological polar surface area (TPSA) is 53.5 Å². The molecule has 0 spiro atoms. The summed E-state index contributed by atoms with van der Waals surface area (Å²) in [6, 6.07) is 16.1. The van der Waals surface area contributed by atoms with Gasteiger partial charge in [0.15, 0.2) is 0 Å². The van der Waals surface area contributed by atoms with Gasteiger partial charge in [-0.3, -0.25) is 4.79 Å². The van der Waals surface area contributed by atoms with Gasteiger partial charge in [0.2, 0.25) is 0 Å². The van der Waals surface area contributed by atoms with E-state index in [-0.39, 0.29) is 17.9 Å². The molecule has 0 heterocycles. The summed E-state index contributed by atoms with van der Waals surface area (Å²) in [5.41, 5.74) is 6.96. The van der Waals surface area contributed by atoms with Gasteiger partial charge in [0.25, 0.3) is 5.91 Å². The van der Waals surface area contributed by atoms with E-state index in [1.54, 1.807) is 6.21 Å². The highest BCUT2D eigenvalue weighted by molar-refractivity contribution is 5.84. The fraction of sp³-hybridized carbons (Fsp3) is 0.300. The number of anilines is 1. The average Bonchev–Trinajstić information content (AvgIpc) is 2.53. The minimum absolute atomic E-state index is 0.130. The van der Waals surface area contributed by atoms with Crippen molar-refractivity contribution in [2.45, 2.75) is 33.1 Å². The molecule has 2 rings (SSSR count). The van der Waals surface area contributed by atoms with Gasteiger partial charge in [-0.1, -0.05) is 57.2 Å². The quantitative estimate of drug-likeness (QED) is 0.648. The molecule has 0 saturated carbocycles. The summed E-state index contributed by atoms with van der Waals surface area (Å²) in [6.07, 6.45) is 1.65. The molecule has 0 aliphatic heterocycles. The van der Waals surface area contributed by atoms with Crippen LogP contribution in [-0.2, 0) is 10.2 Å². The van der Waals surface area contributed by atoms with Crippen LogP contribution in [0, 0.1) is 6.92 Å². The number of hydrazone groups is 1. The number of carbonyl (C=O) groups is 1. The SMILES string of the molecule is Cc1cccc(NCC(=O)NN=Cc2ccc(C(C)(C)C)cc2)c1. The second kappa shape index (κ2) is 7.77. The largest absolute Gasteiger partial charge is 0.376 e. The summed E-state index contributed by atoms with van der Waals surface area (Å²) in [5.74, 6) is -0.181. The summed E-state index contributed by atoms with van der Waals surface area (Å²) >= 11 is 0. The highest BCUT2D eigenvalue weighted by atomic mass is 16.2.